The van der Waals surface area contributed by atoms with Gasteiger partial charge < -0.3 is 13.9 Å². The van der Waals surface area contributed by atoms with E-state index in [0.717, 1.165) is 0 Å². The van der Waals surface area contributed by atoms with Gasteiger partial charge in [0.15, 0.2) is 6.29 Å². The van der Waals surface area contributed by atoms with Gasteiger partial charge in [0, 0.05) is 13.0 Å². The maximum absolute atomic E-state index is 11.7. The minimum Gasteiger partial charge on any atom is -0.467 e. The topological polar surface area (TPSA) is 48.7 Å². The molecule has 15 heavy (non-hydrogen) atoms. The van der Waals surface area contributed by atoms with E-state index in [0.29, 0.717) is 12.2 Å². The summed E-state index contributed by atoms with van der Waals surface area (Å²) in [6.07, 6.45) is 1.11. The van der Waals surface area contributed by atoms with Gasteiger partial charge in [-0.05, 0) is 12.1 Å². The van der Waals surface area contributed by atoms with E-state index in [4.69, 9.17) is 13.9 Å². The Morgan fingerprint density at radius 2 is 2.33 bits per heavy atom. The molecule has 0 N–H and O–H groups in total. The molecule has 82 valence electrons. The van der Waals surface area contributed by atoms with E-state index in [1.54, 1.807) is 12.3 Å². The van der Waals surface area contributed by atoms with Crippen LogP contribution in [0.25, 0.3) is 0 Å². The first-order chi connectivity index (χ1) is 7.22. The molecule has 0 bridgehead atoms. The predicted octanol–water partition coefficient (Wildman–Crippen LogP) is 1.92. The third kappa shape index (κ3) is 1.96. The Hall–Kier alpha value is -1.13. The van der Waals surface area contributed by atoms with Gasteiger partial charge in [0.05, 0.1) is 12.7 Å². The summed E-state index contributed by atoms with van der Waals surface area (Å²) in [6, 6.07) is 3.60. The highest BCUT2D eigenvalue weighted by Crippen LogP contribution is 2.34. The van der Waals surface area contributed by atoms with Crippen molar-refractivity contribution in [3.63, 3.8) is 0 Å². The highest BCUT2D eigenvalue weighted by atomic mass is 16.7. The lowest BCUT2D eigenvalue weighted by Gasteiger charge is -2.31. The normalized spacial score (nSPS) is 31.9. The van der Waals surface area contributed by atoms with Crippen molar-refractivity contribution in [1.82, 2.24) is 0 Å². The molecular formula is C11H14O4. The summed E-state index contributed by atoms with van der Waals surface area (Å²) >= 11 is 0. The Kier molecular flexibility index (Phi) is 2.88. The zero-order valence-corrected chi connectivity index (χ0v) is 8.80. The molecule has 2 heterocycles. The van der Waals surface area contributed by atoms with Crippen molar-refractivity contribution in [2.75, 3.05) is 7.11 Å². The largest absolute Gasteiger partial charge is 0.467 e. The molecule has 1 aromatic rings. The van der Waals surface area contributed by atoms with E-state index >= 15 is 0 Å². The summed E-state index contributed by atoms with van der Waals surface area (Å²) in [5.41, 5.74) is 0. The first-order valence-corrected chi connectivity index (χ1v) is 4.96. The standard InChI is InChI=1S/C11H14O4/c1-7-8(12)6-10(13-2)15-11(7)9-4-3-5-14-9/h3-5,7,10-11H,6H2,1-2H3/t7-,10-,11+/m1/s1. The van der Waals surface area contributed by atoms with E-state index < -0.39 is 6.29 Å². The Bertz CT molecular complexity index is 330. The van der Waals surface area contributed by atoms with E-state index in [2.05, 4.69) is 0 Å². The van der Waals surface area contributed by atoms with Crippen molar-refractivity contribution in [1.29, 1.82) is 0 Å². The first-order valence-electron chi connectivity index (χ1n) is 4.96. The van der Waals surface area contributed by atoms with Crippen molar-refractivity contribution in [3.8, 4) is 0 Å². The summed E-state index contributed by atoms with van der Waals surface area (Å²) in [6.45, 7) is 1.85. The fourth-order valence-corrected chi connectivity index (χ4v) is 1.75. The number of ether oxygens (including phenoxy) is 2. The van der Waals surface area contributed by atoms with Crippen LogP contribution in [0.5, 0.6) is 0 Å². The molecule has 0 aliphatic carbocycles. The average molecular weight is 210 g/mol. The molecule has 4 nitrogen and oxygen atoms in total. The number of hydrogen-bond acceptors (Lipinski definition) is 4. The van der Waals surface area contributed by atoms with Crippen molar-refractivity contribution in [3.05, 3.63) is 24.2 Å². The third-order valence-corrected chi connectivity index (χ3v) is 2.71. The first kappa shape index (κ1) is 10.4. The monoisotopic (exact) mass is 210 g/mol. The Labute approximate surface area is 88.2 Å². The van der Waals surface area contributed by atoms with Crippen LogP contribution in [0.1, 0.15) is 25.2 Å². The number of hydrogen-bond donors (Lipinski definition) is 0. The maximum Gasteiger partial charge on any atom is 0.165 e. The van der Waals surface area contributed by atoms with E-state index in [1.807, 2.05) is 13.0 Å². The van der Waals surface area contributed by atoms with Gasteiger partial charge in [-0.3, -0.25) is 4.79 Å². The van der Waals surface area contributed by atoms with E-state index in [1.165, 1.54) is 7.11 Å². The lowest BCUT2D eigenvalue weighted by Crippen LogP contribution is -2.35. The number of methoxy groups -OCH3 is 1. The lowest BCUT2D eigenvalue weighted by molar-refractivity contribution is -0.201. The molecule has 1 fully saturated rings. The van der Waals surface area contributed by atoms with Gasteiger partial charge in [0.1, 0.15) is 17.6 Å². The summed E-state index contributed by atoms with van der Waals surface area (Å²) in [5.74, 6) is 0.648. The van der Waals surface area contributed by atoms with Crippen LogP contribution in [0.2, 0.25) is 0 Å². The van der Waals surface area contributed by atoms with Crippen LogP contribution in [-0.4, -0.2) is 19.2 Å². The van der Waals surface area contributed by atoms with E-state index in [9.17, 15) is 4.79 Å². The zero-order valence-electron chi connectivity index (χ0n) is 8.80. The summed E-state index contributed by atoms with van der Waals surface area (Å²) < 4.78 is 15.9. The zero-order chi connectivity index (χ0) is 10.8. The van der Waals surface area contributed by atoms with Crippen molar-refractivity contribution in [2.45, 2.75) is 25.7 Å². The van der Waals surface area contributed by atoms with Gasteiger partial charge in [-0.1, -0.05) is 6.92 Å². The highest BCUT2D eigenvalue weighted by Gasteiger charge is 2.37. The Balaban J connectivity index is 2.19. The van der Waals surface area contributed by atoms with Gasteiger partial charge in [-0.25, -0.2) is 0 Å². The number of carbonyl (C=O) groups is 1. The maximum atomic E-state index is 11.7. The van der Waals surface area contributed by atoms with Gasteiger partial charge in [-0.15, -0.1) is 0 Å². The molecular weight excluding hydrogens is 196 g/mol. The van der Waals surface area contributed by atoms with Crippen LogP contribution in [0.15, 0.2) is 22.8 Å². The number of rotatable bonds is 2. The van der Waals surface area contributed by atoms with Gasteiger partial charge in [0.25, 0.3) is 0 Å². The molecule has 2 rings (SSSR count). The molecule has 1 aliphatic rings. The van der Waals surface area contributed by atoms with Crippen LogP contribution in [0.4, 0.5) is 0 Å². The van der Waals surface area contributed by atoms with Crippen LogP contribution in [0, 0.1) is 5.92 Å². The smallest absolute Gasteiger partial charge is 0.165 e. The quantitative estimate of drug-likeness (QED) is 0.748. The Morgan fingerprint density at radius 3 is 2.93 bits per heavy atom. The average Bonchev–Trinajstić information content (AvgIpc) is 2.75. The van der Waals surface area contributed by atoms with Gasteiger partial charge in [0.2, 0.25) is 0 Å². The van der Waals surface area contributed by atoms with Crippen molar-refractivity contribution in [2.24, 2.45) is 5.92 Å². The molecule has 4 heteroatoms. The van der Waals surface area contributed by atoms with Crippen LogP contribution >= 0.6 is 0 Å². The summed E-state index contributed by atoms with van der Waals surface area (Å²) in [7, 11) is 1.53. The number of furan rings is 1. The molecule has 0 amide bonds. The van der Waals surface area contributed by atoms with Crippen molar-refractivity contribution < 1.29 is 18.7 Å². The molecule has 0 radical (unpaired) electrons. The molecule has 3 atom stereocenters. The highest BCUT2D eigenvalue weighted by molar-refractivity contribution is 5.82. The summed E-state index contributed by atoms with van der Waals surface area (Å²) in [4.78, 5) is 11.7. The second-order valence-corrected chi connectivity index (χ2v) is 3.70. The fraction of sp³-hybridized carbons (Fsp3) is 0.545. The SMILES string of the molecule is CO[C@H]1CC(=O)[C@@H](C)[C@@H](c2ccco2)O1. The van der Waals surface area contributed by atoms with Crippen molar-refractivity contribution >= 4 is 5.78 Å². The predicted molar refractivity (Wildman–Crippen MR) is 52.1 cm³/mol. The number of carbonyl (C=O) groups excluding carboxylic acids is 1. The minimum atomic E-state index is -0.455. The molecule has 0 spiro atoms. The lowest BCUT2D eigenvalue weighted by atomic mass is 9.93. The Morgan fingerprint density at radius 1 is 1.53 bits per heavy atom. The molecule has 1 aromatic heterocycles. The summed E-state index contributed by atoms with van der Waals surface area (Å²) in [5, 5.41) is 0. The second kappa shape index (κ2) is 4.16. The third-order valence-electron chi connectivity index (χ3n) is 2.71. The fourth-order valence-electron chi connectivity index (χ4n) is 1.75. The van der Waals surface area contributed by atoms with E-state index in [-0.39, 0.29) is 17.8 Å². The van der Waals surface area contributed by atoms with Gasteiger partial charge in [-0.2, -0.15) is 0 Å². The molecule has 1 saturated heterocycles. The van der Waals surface area contributed by atoms with Crippen LogP contribution in [0.3, 0.4) is 0 Å². The van der Waals surface area contributed by atoms with Crippen LogP contribution in [-0.2, 0) is 14.3 Å². The molecule has 0 unspecified atom stereocenters. The van der Waals surface area contributed by atoms with Crippen LogP contribution < -0.4 is 0 Å². The molecule has 1 aliphatic heterocycles. The number of ketones is 1. The molecule has 0 saturated carbocycles. The number of Topliss-reactive ketones (excluding diaryl/α,β-unsaturated/α-hetero) is 1. The second-order valence-electron chi connectivity index (χ2n) is 3.70. The molecule has 0 aromatic carbocycles. The minimum absolute atomic E-state index is 0.148. The van der Waals surface area contributed by atoms with Gasteiger partial charge >= 0.3 is 0 Å².